The van der Waals surface area contributed by atoms with Crippen molar-refractivity contribution in [1.29, 1.82) is 0 Å². The Kier molecular flexibility index (Phi) is 2.93. The van der Waals surface area contributed by atoms with Crippen LogP contribution in [-0.2, 0) is 6.54 Å². The van der Waals surface area contributed by atoms with E-state index in [1.54, 1.807) is 7.11 Å². The number of aromatic nitrogens is 2. The molecule has 0 bridgehead atoms. The number of nitrogens with zero attached hydrogens (tertiary/aromatic N) is 1. The second-order valence-corrected chi connectivity index (χ2v) is 6.30. The van der Waals surface area contributed by atoms with E-state index in [0.717, 1.165) is 22.6 Å². The summed E-state index contributed by atoms with van der Waals surface area (Å²) in [5.41, 5.74) is 2.69. The van der Waals surface area contributed by atoms with Crippen LogP contribution in [0.2, 0.25) is 0 Å². The third-order valence-corrected chi connectivity index (χ3v) is 4.89. The number of ether oxygens (including phenoxy) is 1. The van der Waals surface area contributed by atoms with Crippen LogP contribution in [0.25, 0.3) is 11.0 Å². The molecule has 1 fully saturated rings. The van der Waals surface area contributed by atoms with Crippen molar-refractivity contribution < 1.29 is 4.74 Å². The Bertz CT molecular complexity index is 664. The maximum Gasteiger partial charge on any atom is 0.178 e. The monoisotopic (exact) mass is 276 g/mol. The van der Waals surface area contributed by atoms with Gasteiger partial charge in [0.1, 0.15) is 5.75 Å². The molecule has 0 unspecified atom stereocenters. The lowest BCUT2D eigenvalue weighted by atomic mass is 9.92. The minimum Gasteiger partial charge on any atom is -0.497 e. The average molecular weight is 276 g/mol. The third kappa shape index (κ3) is 2.08. The Morgan fingerprint density at radius 3 is 2.74 bits per heavy atom. The lowest BCUT2D eigenvalue weighted by Crippen LogP contribution is -2.17. The smallest absolute Gasteiger partial charge is 0.178 e. The molecular weight excluding hydrogens is 256 g/mol. The molecule has 0 spiro atoms. The second kappa shape index (κ2) is 4.37. The van der Waals surface area contributed by atoms with Gasteiger partial charge in [0, 0.05) is 12.6 Å². The van der Waals surface area contributed by atoms with Gasteiger partial charge in [-0.15, -0.1) is 0 Å². The van der Waals surface area contributed by atoms with Gasteiger partial charge in [0.05, 0.1) is 18.1 Å². The van der Waals surface area contributed by atoms with E-state index in [2.05, 4.69) is 29.5 Å². The van der Waals surface area contributed by atoms with E-state index in [9.17, 15) is 0 Å². The molecule has 19 heavy (non-hydrogen) atoms. The highest BCUT2D eigenvalue weighted by molar-refractivity contribution is 7.71. The molecule has 2 aromatic rings. The van der Waals surface area contributed by atoms with Crippen molar-refractivity contribution in [3.8, 4) is 5.75 Å². The number of methoxy groups -OCH3 is 1. The highest BCUT2D eigenvalue weighted by atomic mass is 32.1. The molecule has 0 aliphatic heterocycles. The summed E-state index contributed by atoms with van der Waals surface area (Å²) in [4.78, 5) is 3.29. The number of H-pyrrole nitrogens is 1. The maximum atomic E-state index is 5.48. The Balaban J connectivity index is 2.04. The van der Waals surface area contributed by atoms with Crippen molar-refractivity contribution in [3.05, 3.63) is 23.0 Å². The molecule has 1 aliphatic rings. The molecule has 102 valence electrons. The lowest BCUT2D eigenvalue weighted by molar-refractivity contribution is 0.311. The Hall–Kier alpha value is -1.29. The molecule has 1 heterocycles. The fourth-order valence-electron chi connectivity index (χ4n) is 2.82. The number of nitrogens with one attached hydrogen (secondary N) is 1. The van der Waals surface area contributed by atoms with Crippen LogP contribution in [0.3, 0.4) is 0 Å². The summed E-state index contributed by atoms with van der Waals surface area (Å²) in [7, 11) is 1.69. The van der Waals surface area contributed by atoms with Gasteiger partial charge < -0.3 is 14.3 Å². The first-order chi connectivity index (χ1) is 9.05. The first-order valence-electron chi connectivity index (χ1n) is 6.82. The number of rotatable bonds is 4. The van der Waals surface area contributed by atoms with Gasteiger partial charge in [-0.05, 0) is 48.5 Å². The molecule has 0 amide bonds. The molecule has 3 nitrogen and oxygen atoms in total. The molecule has 4 heteroatoms. The number of hydrogen-bond donors (Lipinski definition) is 1. The van der Waals surface area contributed by atoms with Gasteiger partial charge in [-0.1, -0.05) is 13.8 Å². The van der Waals surface area contributed by atoms with Crippen molar-refractivity contribution in [3.63, 3.8) is 0 Å². The van der Waals surface area contributed by atoms with E-state index in [4.69, 9.17) is 17.0 Å². The summed E-state index contributed by atoms with van der Waals surface area (Å²) in [6, 6.07) is 6.10. The van der Waals surface area contributed by atoms with Crippen LogP contribution in [0.1, 0.15) is 26.7 Å². The largest absolute Gasteiger partial charge is 0.497 e. The van der Waals surface area contributed by atoms with Crippen LogP contribution in [0, 0.1) is 16.1 Å². The molecule has 1 aliphatic carbocycles. The zero-order valence-electron chi connectivity index (χ0n) is 11.7. The molecule has 3 rings (SSSR count). The van der Waals surface area contributed by atoms with Gasteiger partial charge in [0.25, 0.3) is 0 Å². The van der Waals surface area contributed by atoms with Gasteiger partial charge >= 0.3 is 0 Å². The van der Waals surface area contributed by atoms with E-state index in [1.807, 2.05) is 12.1 Å². The summed E-state index contributed by atoms with van der Waals surface area (Å²) in [6.45, 7) is 5.65. The predicted molar refractivity (Wildman–Crippen MR) is 80.2 cm³/mol. The fourth-order valence-corrected chi connectivity index (χ4v) is 3.09. The van der Waals surface area contributed by atoms with E-state index < -0.39 is 0 Å². The molecule has 0 atom stereocenters. The van der Waals surface area contributed by atoms with E-state index in [1.165, 1.54) is 18.4 Å². The van der Waals surface area contributed by atoms with Crippen LogP contribution in [0.15, 0.2) is 18.2 Å². The first kappa shape index (κ1) is 12.7. The number of imidazole rings is 1. The lowest BCUT2D eigenvalue weighted by Gasteiger charge is -2.20. The number of aromatic amines is 1. The highest BCUT2D eigenvalue weighted by Crippen LogP contribution is 2.53. The van der Waals surface area contributed by atoms with Gasteiger partial charge in [-0.2, -0.15) is 0 Å². The molecule has 1 saturated carbocycles. The van der Waals surface area contributed by atoms with Crippen molar-refractivity contribution in [2.75, 3.05) is 7.11 Å². The minimum absolute atomic E-state index is 0.452. The Morgan fingerprint density at radius 2 is 2.16 bits per heavy atom. The van der Waals surface area contributed by atoms with Gasteiger partial charge in [0.2, 0.25) is 0 Å². The first-order valence-corrected chi connectivity index (χ1v) is 7.23. The summed E-state index contributed by atoms with van der Waals surface area (Å²) < 4.78 is 8.32. The summed E-state index contributed by atoms with van der Waals surface area (Å²) >= 11 is 5.48. The normalized spacial score (nSPS) is 17.1. The summed E-state index contributed by atoms with van der Waals surface area (Å²) in [5.74, 6) is 1.57. The molecule has 0 saturated heterocycles. The SMILES string of the molecule is COc1ccc2c(c1)[nH]c(=S)n2CC1(C(C)C)CC1. The van der Waals surface area contributed by atoms with E-state index in [-0.39, 0.29) is 0 Å². The topological polar surface area (TPSA) is 29.9 Å². The average Bonchev–Trinajstić information content (AvgIpc) is 3.11. The molecule has 1 aromatic heterocycles. The van der Waals surface area contributed by atoms with Gasteiger partial charge in [0.15, 0.2) is 4.77 Å². The van der Waals surface area contributed by atoms with E-state index in [0.29, 0.717) is 11.3 Å². The maximum absolute atomic E-state index is 5.48. The standard InChI is InChI=1S/C15H20N2OS/c1-10(2)15(6-7-15)9-17-13-5-4-11(18-3)8-12(13)16-14(17)19/h4-5,8,10H,6-7,9H2,1-3H3,(H,16,19). The molecular formula is C15H20N2OS. The summed E-state index contributed by atoms with van der Waals surface area (Å²) in [6.07, 6.45) is 2.63. The number of benzene rings is 1. The predicted octanol–water partition coefficient (Wildman–Crippen LogP) is 4.14. The van der Waals surface area contributed by atoms with E-state index >= 15 is 0 Å². The van der Waals surface area contributed by atoms with Gasteiger partial charge in [-0.25, -0.2) is 0 Å². The van der Waals surface area contributed by atoms with Crippen LogP contribution >= 0.6 is 12.2 Å². The zero-order valence-corrected chi connectivity index (χ0v) is 12.5. The third-order valence-electron chi connectivity index (χ3n) is 4.57. The summed E-state index contributed by atoms with van der Waals surface area (Å²) in [5, 5.41) is 0. The van der Waals surface area contributed by atoms with Crippen LogP contribution in [-0.4, -0.2) is 16.7 Å². The minimum atomic E-state index is 0.452. The van der Waals surface area contributed by atoms with Crippen LogP contribution < -0.4 is 4.74 Å². The highest BCUT2D eigenvalue weighted by Gasteiger charge is 2.45. The number of hydrogen-bond acceptors (Lipinski definition) is 2. The second-order valence-electron chi connectivity index (χ2n) is 5.92. The van der Waals surface area contributed by atoms with Crippen molar-refractivity contribution in [1.82, 2.24) is 9.55 Å². The van der Waals surface area contributed by atoms with Crippen molar-refractivity contribution in [2.24, 2.45) is 11.3 Å². The Morgan fingerprint density at radius 1 is 1.42 bits per heavy atom. The van der Waals surface area contributed by atoms with Crippen molar-refractivity contribution >= 4 is 23.3 Å². The zero-order chi connectivity index (χ0) is 13.6. The number of fused-ring (bicyclic) bond motifs is 1. The van der Waals surface area contributed by atoms with Crippen LogP contribution in [0.4, 0.5) is 0 Å². The fraction of sp³-hybridized carbons (Fsp3) is 0.533. The van der Waals surface area contributed by atoms with Crippen molar-refractivity contribution in [2.45, 2.75) is 33.2 Å². The Labute approximate surface area is 118 Å². The molecule has 1 aromatic carbocycles. The van der Waals surface area contributed by atoms with Crippen LogP contribution in [0.5, 0.6) is 5.75 Å². The van der Waals surface area contributed by atoms with Gasteiger partial charge in [-0.3, -0.25) is 0 Å². The molecule has 0 radical (unpaired) electrons. The quantitative estimate of drug-likeness (QED) is 0.850. The molecule has 1 N–H and O–H groups in total.